The Balaban J connectivity index is 3.58. The smallest absolute Gasteiger partial charge is 0.184 e. The molecule has 4 heteroatoms. The van der Waals surface area contributed by atoms with Crippen molar-refractivity contribution in [3.63, 3.8) is 0 Å². The van der Waals surface area contributed by atoms with Crippen LogP contribution < -0.4 is 0 Å². The molecule has 0 aromatic heterocycles. The summed E-state index contributed by atoms with van der Waals surface area (Å²) in [6.07, 6.45) is 0. The quantitative estimate of drug-likeness (QED) is 0.598. The summed E-state index contributed by atoms with van der Waals surface area (Å²) in [4.78, 5) is 0. The van der Waals surface area contributed by atoms with Crippen molar-refractivity contribution in [1.82, 2.24) is 0 Å². The number of aliphatic hydroxyl groups is 1. The maximum atomic E-state index is 9.12. The SMILES string of the molecule is COC(O)(CBr)CBr. The Hall–Kier alpha value is 0.880. The molecule has 8 heavy (non-hydrogen) atoms. The molecule has 0 aliphatic carbocycles. The van der Waals surface area contributed by atoms with E-state index in [1.54, 1.807) is 0 Å². The molecule has 0 unspecified atom stereocenters. The van der Waals surface area contributed by atoms with Crippen molar-refractivity contribution in [3.05, 3.63) is 0 Å². The molecule has 0 radical (unpaired) electrons. The van der Waals surface area contributed by atoms with Gasteiger partial charge in [-0.15, -0.1) is 0 Å². The van der Waals surface area contributed by atoms with Crippen molar-refractivity contribution >= 4 is 31.9 Å². The highest BCUT2D eigenvalue weighted by atomic mass is 79.9. The summed E-state index contributed by atoms with van der Waals surface area (Å²) < 4.78 is 4.70. The Morgan fingerprint density at radius 2 is 1.88 bits per heavy atom. The van der Waals surface area contributed by atoms with Gasteiger partial charge in [0.05, 0.1) is 10.7 Å². The molecule has 0 aromatic rings. The van der Waals surface area contributed by atoms with Gasteiger partial charge in [0, 0.05) is 7.11 Å². The van der Waals surface area contributed by atoms with Crippen molar-refractivity contribution in [2.75, 3.05) is 17.8 Å². The van der Waals surface area contributed by atoms with Gasteiger partial charge in [-0.25, -0.2) is 0 Å². The predicted octanol–water partition coefficient (Wildman–Crippen LogP) is 1.11. The molecule has 1 N–H and O–H groups in total. The Kier molecular flexibility index (Phi) is 4.24. The van der Waals surface area contributed by atoms with Crippen molar-refractivity contribution in [1.29, 1.82) is 0 Å². The fourth-order valence-corrected chi connectivity index (χ4v) is 1.53. The second kappa shape index (κ2) is 3.82. The lowest BCUT2D eigenvalue weighted by Crippen LogP contribution is -2.34. The van der Waals surface area contributed by atoms with Crippen LogP contribution in [0.2, 0.25) is 0 Å². The molecule has 50 valence electrons. The normalized spacial score (nSPS) is 12.0. The summed E-state index contributed by atoms with van der Waals surface area (Å²) in [7, 11) is 1.46. The lowest BCUT2D eigenvalue weighted by molar-refractivity contribution is -0.145. The molecule has 2 nitrogen and oxygen atoms in total. The second-order valence-corrected chi connectivity index (χ2v) is 2.54. The summed E-state index contributed by atoms with van der Waals surface area (Å²) in [6, 6.07) is 0. The van der Waals surface area contributed by atoms with E-state index in [1.807, 2.05) is 0 Å². The lowest BCUT2D eigenvalue weighted by Gasteiger charge is -2.20. The highest BCUT2D eigenvalue weighted by Crippen LogP contribution is 2.11. The maximum absolute atomic E-state index is 9.12. The van der Waals surface area contributed by atoms with Gasteiger partial charge in [0.25, 0.3) is 0 Å². The zero-order valence-electron chi connectivity index (χ0n) is 4.53. The van der Waals surface area contributed by atoms with Gasteiger partial charge in [-0.2, -0.15) is 0 Å². The van der Waals surface area contributed by atoms with Crippen LogP contribution in [-0.2, 0) is 4.74 Å². The topological polar surface area (TPSA) is 29.5 Å². The highest BCUT2D eigenvalue weighted by Gasteiger charge is 2.21. The summed E-state index contributed by atoms with van der Waals surface area (Å²) >= 11 is 6.17. The molecule has 0 amide bonds. The van der Waals surface area contributed by atoms with Crippen molar-refractivity contribution in [2.45, 2.75) is 5.79 Å². The van der Waals surface area contributed by atoms with Crippen molar-refractivity contribution in [3.8, 4) is 0 Å². The summed E-state index contributed by atoms with van der Waals surface area (Å²) in [5, 5.41) is 9.96. The first-order valence-electron chi connectivity index (χ1n) is 2.08. The molecule has 0 bridgehead atoms. The van der Waals surface area contributed by atoms with Crippen LogP contribution in [0.1, 0.15) is 0 Å². The van der Waals surface area contributed by atoms with Gasteiger partial charge in [-0.1, -0.05) is 31.9 Å². The number of rotatable bonds is 3. The zero-order valence-corrected chi connectivity index (χ0v) is 7.70. The molecular formula is C4H8Br2O2. The molecule has 0 saturated heterocycles. The summed E-state index contributed by atoms with van der Waals surface area (Å²) in [5.41, 5.74) is 0. The minimum atomic E-state index is -1.04. The number of methoxy groups -OCH3 is 1. The van der Waals surface area contributed by atoms with Gasteiger partial charge in [-0.3, -0.25) is 0 Å². The van der Waals surface area contributed by atoms with Crippen LogP contribution in [0.4, 0.5) is 0 Å². The van der Waals surface area contributed by atoms with Crippen LogP contribution in [0, 0.1) is 0 Å². The molecule has 0 aromatic carbocycles. The third-order valence-electron chi connectivity index (χ3n) is 0.798. The Morgan fingerprint density at radius 3 is 1.88 bits per heavy atom. The summed E-state index contributed by atoms with van der Waals surface area (Å²) in [6.45, 7) is 0. The molecule has 0 saturated carbocycles. The van der Waals surface area contributed by atoms with E-state index in [4.69, 9.17) is 9.84 Å². The minimum absolute atomic E-state index is 0.418. The average molecular weight is 248 g/mol. The Bertz CT molecular complexity index is 54.8. The minimum Gasteiger partial charge on any atom is -0.364 e. The summed E-state index contributed by atoms with van der Waals surface area (Å²) in [5.74, 6) is -1.04. The largest absolute Gasteiger partial charge is 0.364 e. The van der Waals surface area contributed by atoms with E-state index in [9.17, 15) is 0 Å². The third-order valence-corrected chi connectivity index (χ3v) is 2.55. The van der Waals surface area contributed by atoms with Crippen molar-refractivity contribution in [2.24, 2.45) is 0 Å². The van der Waals surface area contributed by atoms with Crippen LogP contribution >= 0.6 is 31.9 Å². The predicted molar refractivity (Wildman–Crippen MR) is 39.5 cm³/mol. The van der Waals surface area contributed by atoms with Gasteiger partial charge in [0.2, 0.25) is 0 Å². The molecule has 0 atom stereocenters. The van der Waals surface area contributed by atoms with E-state index < -0.39 is 5.79 Å². The first kappa shape index (κ1) is 8.88. The number of hydrogen-bond acceptors (Lipinski definition) is 2. The third kappa shape index (κ3) is 2.44. The Morgan fingerprint density at radius 1 is 1.50 bits per heavy atom. The molecule has 0 rings (SSSR count). The molecule has 0 fully saturated rings. The molecule has 0 heterocycles. The molecule has 0 spiro atoms. The zero-order chi connectivity index (χ0) is 6.62. The van der Waals surface area contributed by atoms with E-state index in [1.165, 1.54) is 7.11 Å². The van der Waals surface area contributed by atoms with Gasteiger partial charge in [-0.05, 0) is 0 Å². The fourth-order valence-electron chi connectivity index (χ4n) is 0.145. The Labute approximate surface area is 65.5 Å². The highest BCUT2D eigenvalue weighted by molar-refractivity contribution is 9.09. The van der Waals surface area contributed by atoms with E-state index in [-0.39, 0.29) is 0 Å². The van der Waals surface area contributed by atoms with Crippen LogP contribution in [0.25, 0.3) is 0 Å². The first-order valence-corrected chi connectivity index (χ1v) is 4.32. The van der Waals surface area contributed by atoms with E-state index in [0.717, 1.165) is 0 Å². The van der Waals surface area contributed by atoms with Crippen LogP contribution in [0.3, 0.4) is 0 Å². The number of ether oxygens (including phenoxy) is 1. The van der Waals surface area contributed by atoms with E-state index in [2.05, 4.69) is 31.9 Å². The molecule has 0 aliphatic heterocycles. The first-order chi connectivity index (χ1) is 3.68. The van der Waals surface area contributed by atoms with Crippen LogP contribution in [0.15, 0.2) is 0 Å². The fraction of sp³-hybridized carbons (Fsp3) is 1.00. The van der Waals surface area contributed by atoms with E-state index >= 15 is 0 Å². The monoisotopic (exact) mass is 246 g/mol. The van der Waals surface area contributed by atoms with Crippen molar-refractivity contribution < 1.29 is 9.84 Å². The number of halogens is 2. The standard InChI is InChI=1S/C4H8Br2O2/c1-8-4(7,2-5)3-6/h7H,2-3H2,1H3. The number of hydrogen-bond donors (Lipinski definition) is 1. The molecular weight excluding hydrogens is 240 g/mol. The lowest BCUT2D eigenvalue weighted by atomic mass is 10.4. The number of alkyl halides is 2. The maximum Gasteiger partial charge on any atom is 0.184 e. The van der Waals surface area contributed by atoms with Gasteiger partial charge >= 0.3 is 0 Å². The van der Waals surface area contributed by atoms with Gasteiger partial charge in [0.15, 0.2) is 5.79 Å². The van der Waals surface area contributed by atoms with Gasteiger partial charge in [0.1, 0.15) is 0 Å². The van der Waals surface area contributed by atoms with E-state index in [0.29, 0.717) is 10.7 Å². The average Bonchev–Trinajstić information content (AvgIpc) is 1.87. The molecule has 0 aliphatic rings. The second-order valence-electron chi connectivity index (χ2n) is 1.42. The van der Waals surface area contributed by atoms with Crippen LogP contribution in [0.5, 0.6) is 0 Å². The van der Waals surface area contributed by atoms with Gasteiger partial charge < -0.3 is 9.84 Å². The van der Waals surface area contributed by atoms with Crippen LogP contribution in [-0.4, -0.2) is 28.7 Å².